The molecule has 0 bridgehead atoms. The average Bonchev–Trinajstić information content (AvgIpc) is 3.06. The Balaban J connectivity index is 1.92. The number of carbonyl (C=O) groups excluding carboxylic acids is 1. The molecule has 1 fully saturated rings. The topological polar surface area (TPSA) is 69.6 Å². The summed E-state index contributed by atoms with van der Waals surface area (Å²) in [4.78, 5) is 22.6. The second kappa shape index (κ2) is 8.33. The minimum atomic E-state index is -0.317. The fraction of sp³-hybridized carbons (Fsp3) is 0.588. The van der Waals surface area contributed by atoms with E-state index in [0.29, 0.717) is 24.2 Å². The SMILES string of the molecule is CN=C(NCc1ccc(Cl)nc1)NCC1(C(=O)N(C)C)CCCC1. The smallest absolute Gasteiger partial charge is 0.230 e. The van der Waals surface area contributed by atoms with Crippen LogP contribution >= 0.6 is 11.6 Å². The van der Waals surface area contributed by atoms with Gasteiger partial charge in [0.25, 0.3) is 0 Å². The molecule has 0 spiro atoms. The van der Waals surface area contributed by atoms with Gasteiger partial charge in [-0.05, 0) is 24.5 Å². The van der Waals surface area contributed by atoms with Gasteiger partial charge < -0.3 is 15.5 Å². The van der Waals surface area contributed by atoms with Crippen LogP contribution in [0.15, 0.2) is 23.3 Å². The molecule has 0 saturated heterocycles. The van der Waals surface area contributed by atoms with E-state index in [1.165, 1.54) is 0 Å². The normalized spacial score (nSPS) is 16.8. The van der Waals surface area contributed by atoms with Crippen molar-refractivity contribution in [3.8, 4) is 0 Å². The van der Waals surface area contributed by atoms with E-state index in [2.05, 4.69) is 20.6 Å². The van der Waals surface area contributed by atoms with Crippen molar-refractivity contribution >= 4 is 23.5 Å². The third-order valence-corrected chi connectivity index (χ3v) is 4.71. The van der Waals surface area contributed by atoms with Crippen LogP contribution in [0.2, 0.25) is 5.15 Å². The highest BCUT2D eigenvalue weighted by atomic mass is 35.5. The molecule has 0 unspecified atom stereocenters. The average molecular weight is 352 g/mol. The number of amides is 1. The Morgan fingerprint density at radius 1 is 1.33 bits per heavy atom. The highest BCUT2D eigenvalue weighted by Crippen LogP contribution is 2.38. The van der Waals surface area contributed by atoms with Gasteiger partial charge in [0, 0.05) is 40.4 Å². The summed E-state index contributed by atoms with van der Waals surface area (Å²) in [6, 6.07) is 3.68. The van der Waals surface area contributed by atoms with Gasteiger partial charge >= 0.3 is 0 Å². The number of hydrogen-bond donors (Lipinski definition) is 2. The predicted molar refractivity (Wildman–Crippen MR) is 97.0 cm³/mol. The highest BCUT2D eigenvalue weighted by molar-refractivity contribution is 6.29. The molecule has 0 aliphatic heterocycles. The Morgan fingerprint density at radius 3 is 2.58 bits per heavy atom. The summed E-state index contributed by atoms with van der Waals surface area (Å²) in [5.74, 6) is 0.882. The third kappa shape index (κ3) is 4.60. The van der Waals surface area contributed by atoms with Crippen molar-refractivity contribution in [1.82, 2.24) is 20.5 Å². The zero-order valence-electron chi connectivity index (χ0n) is 14.6. The molecular formula is C17H26ClN5O. The molecule has 1 saturated carbocycles. The Hall–Kier alpha value is -1.82. The number of nitrogens with one attached hydrogen (secondary N) is 2. The number of carbonyl (C=O) groups is 1. The Labute approximate surface area is 148 Å². The van der Waals surface area contributed by atoms with Gasteiger partial charge in [-0.1, -0.05) is 30.5 Å². The van der Waals surface area contributed by atoms with E-state index in [4.69, 9.17) is 11.6 Å². The first-order valence-corrected chi connectivity index (χ1v) is 8.61. The molecule has 132 valence electrons. The van der Waals surface area contributed by atoms with Gasteiger partial charge in [-0.3, -0.25) is 9.79 Å². The van der Waals surface area contributed by atoms with E-state index in [1.54, 1.807) is 24.2 Å². The molecule has 1 aliphatic carbocycles. The summed E-state index contributed by atoms with van der Waals surface area (Å²) >= 11 is 5.79. The molecule has 1 amide bonds. The first kappa shape index (κ1) is 18.5. The second-order valence-corrected chi connectivity index (χ2v) is 6.84. The summed E-state index contributed by atoms with van der Waals surface area (Å²) < 4.78 is 0. The van der Waals surface area contributed by atoms with Crippen LogP contribution < -0.4 is 10.6 Å². The Morgan fingerprint density at radius 2 is 2.04 bits per heavy atom. The van der Waals surface area contributed by atoms with E-state index in [9.17, 15) is 4.79 Å². The van der Waals surface area contributed by atoms with Gasteiger partial charge in [-0.25, -0.2) is 4.98 Å². The van der Waals surface area contributed by atoms with Crippen molar-refractivity contribution in [3.63, 3.8) is 0 Å². The molecule has 1 aromatic rings. The van der Waals surface area contributed by atoms with Crippen LogP contribution in [0.3, 0.4) is 0 Å². The molecule has 0 atom stereocenters. The summed E-state index contributed by atoms with van der Waals surface area (Å²) in [6.45, 7) is 1.20. The van der Waals surface area contributed by atoms with Crippen molar-refractivity contribution in [3.05, 3.63) is 29.0 Å². The molecule has 0 radical (unpaired) electrons. The van der Waals surface area contributed by atoms with Crippen LogP contribution in [0, 0.1) is 5.41 Å². The van der Waals surface area contributed by atoms with Gasteiger partial charge in [0.1, 0.15) is 5.15 Å². The number of pyridine rings is 1. The zero-order valence-corrected chi connectivity index (χ0v) is 15.4. The molecule has 2 N–H and O–H groups in total. The van der Waals surface area contributed by atoms with Gasteiger partial charge in [0.2, 0.25) is 5.91 Å². The maximum Gasteiger partial charge on any atom is 0.230 e. The number of aliphatic imine (C=N–C) groups is 1. The van der Waals surface area contributed by atoms with Crippen molar-refractivity contribution in [2.75, 3.05) is 27.7 Å². The molecule has 6 nitrogen and oxygen atoms in total. The number of hydrogen-bond acceptors (Lipinski definition) is 3. The molecule has 7 heteroatoms. The van der Waals surface area contributed by atoms with E-state index in [-0.39, 0.29) is 11.3 Å². The first-order valence-electron chi connectivity index (χ1n) is 8.23. The monoisotopic (exact) mass is 351 g/mol. The molecule has 0 aromatic carbocycles. The molecule has 1 aromatic heterocycles. The number of halogens is 1. The molecular weight excluding hydrogens is 326 g/mol. The van der Waals surface area contributed by atoms with E-state index in [0.717, 1.165) is 31.2 Å². The standard InChI is InChI=1S/C17H26ClN5O/c1-19-16(21-11-13-6-7-14(18)20-10-13)22-12-17(8-4-5-9-17)15(24)23(2)3/h6-7,10H,4-5,8-9,11-12H2,1-3H3,(H2,19,21,22). The quantitative estimate of drug-likeness (QED) is 0.484. The minimum absolute atomic E-state index is 0.199. The summed E-state index contributed by atoms with van der Waals surface area (Å²) in [5, 5.41) is 7.04. The van der Waals surface area contributed by atoms with Crippen molar-refractivity contribution < 1.29 is 4.79 Å². The summed E-state index contributed by atoms with van der Waals surface area (Å²) in [7, 11) is 5.37. The summed E-state index contributed by atoms with van der Waals surface area (Å²) in [6.07, 6.45) is 5.79. The van der Waals surface area contributed by atoms with Gasteiger partial charge in [0.05, 0.1) is 5.41 Å². The van der Waals surface area contributed by atoms with Crippen LogP contribution in [0.5, 0.6) is 0 Å². The largest absolute Gasteiger partial charge is 0.355 e. The highest BCUT2D eigenvalue weighted by Gasteiger charge is 2.42. The van der Waals surface area contributed by atoms with Crippen molar-refractivity contribution in [2.24, 2.45) is 10.4 Å². The third-order valence-electron chi connectivity index (χ3n) is 4.49. The van der Waals surface area contributed by atoms with Crippen LogP contribution in [0.25, 0.3) is 0 Å². The van der Waals surface area contributed by atoms with Gasteiger partial charge in [0.15, 0.2) is 5.96 Å². The van der Waals surface area contributed by atoms with E-state index < -0.39 is 0 Å². The Kier molecular flexibility index (Phi) is 6.43. The number of guanidine groups is 1. The van der Waals surface area contributed by atoms with Crippen LogP contribution in [-0.2, 0) is 11.3 Å². The van der Waals surface area contributed by atoms with Gasteiger partial charge in [-0.15, -0.1) is 0 Å². The van der Waals surface area contributed by atoms with E-state index in [1.807, 2.05) is 20.2 Å². The Bertz CT molecular complexity index is 579. The van der Waals surface area contributed by atoms with Crippen molar-refractivity contribution in [2.45, 2.75) is 32.2 Å². The number of rotatable bonds is 5. The summed E-state index contributed by atoms with van der Waals surface area (Å²) in [5.41, 5.74) is 0.699. The predicted octanol–water partition coefficient (Wildman–Crippen LogP) is 2.05. The minimum Gasteiger partial charge on any atom is -0.355 e. The fourth-order valence-electron chi connectivity index (χ4n) is 3.16. The lowest BCUT2D eigenvalue weighted by molar-refractivity contribution is -0.138. The molecule has 1 aliphatic rings. The van der Waals surface area contributed by atoms with Crippen molar-refractivity contribution in [1.29, 1.82) is 0 Å². The second-order valence-electron chi connectivity index (χ2n) is 6.46. The molecule has 1 heterocycles. The zero-order chi connectivity index (χ0) is 17.6. The van der Waals surface area contributed by atoms with E-state index >= 15 is 0 Å². The maximum absolute atomic E-state index is 12.6. The molecule has 24 heavy (non-hydrogen) atoms. The lowest BCUT2D eigenvalue weighted by Crippen LogP contribution is -2.49. The van der Waals surface area contributed by atoms with Crippen LogP contribution in [0.4, 0.5) is 0 Å². The lowest BCUT2D eigenvalue weighted by atomic mass is 9.84. The van der Waals surface area contributed by atoms with Crippen LogP contribution in [0.1, 0.15) is 31.2 Å². The maximum atomic E-state index is 12.6. The van der Waals surface area contributed by atoms with Crippen LogP contribution in [-0.4, -0.2) is 49.4 Å². The van der Waals surface area contributed by atoms with Gasteiger partial charge in [-0.2, -0.15) is 0 Å². The molecule has 2 rings (SSSR count). The first-order chi connectivity index (χ1) is 11.5. The lowest BCUT2D eigenvalue weighted by Gasteiger charge is -2.31. The fourth-order valence-corrected chi connectivity index (χ4v) is 3.27. The number of aromatic nitrogens is 1. The number of nitrogens with zero attached hydrogens (tertiary/aromatic N) is 3.